The van der Waals surface area contributed by atoms with E-state index in [1.54, 1.807) is 0 Å². The summed E-state index contributed by atoms with van der Waals surface area (Å²) in [5.41, 5.74) is 2.27. The Bertz CT molecular complexity index is 488. The van der Waals surface area contributed by atoms with Crippen molar-refractivity contribution in [2.45, 2.75) is 45.8 Å². The molecule has 0 aliphatic heterocycles. The summed E-state index contributed by atoms with van der Waals surface area (Å²) in [4.78, 5) is 4.63. The largest absolute Gasteiger partial charge is 0.393 e. The van der Waals surface area contributed by atoms with E-state index in [-0.39, 0.29) is 6.10 Å². The van der Waals surface area contributed by atoms with E-state index in [1.807, 2.05) is 13.0 Å². The fraction of sp³-hybridized carbons (Fsp3) is 0.500. The SMILES string of the molecule is CCc1nc2ccccc2n1CCCC(C)O. The van der Waals surface area contributed by atoms with Crippen LogP contribution < -0.4 is 0 Å². The normalized spacial score (nSPS) is 13.1. The van der Waals surface area contributed by atoms with Crippen molar-refractivity contribution in [2.75, 3.05) is 0 Å². The number of nitrogens with zero attached hydrogens (tertiary/aromatic N) is 2. The molecule has 1 heterocycles. The van der Waals surface area contributed by atoms with Crippen LogP contribution in [0.5, 0.6) is 0 Å². The zero-order chi connectivity index (χ0) is 12.3. The van der Waals surface area contributed by atoms with Crippen LogP contribution in [0.15, 0.2) is 24.3 Å². The van der Waals surface area contributed by atoms with E-state index in [0.29, 0.717) is 0 Å². The topological polar surface area (TPSA) is 38.0 Å². The molecule has 0 amide bonds. The number of hydrogen-bond acceptors (Lipinski definition) is 2. The summed E-state index contributed by atoms with van der Waals surface area (Å²) < 4.78 is 2.28. The number of imidazole rings is 1. The first kappa shape index (κ1) is 12.1. The first-order valence-corrected chi connectivity index (χ1v) is 6.34. The zero-order valence-electron chi connectivity index (χ0n) is 10.6. The second-order valence-corrected chi connectivity index (χ2v) is 4.51. The molecule has 1 atom stereocenters. The van der Waals surface area contributed by atoms with Crippen molar-refractivity contribution in [3.05, 3.63) is 30.1 Å². The highest BCUT2D eigenvalue weighted by Gasteiger charge is 2.08. The number of aryl methyl sites for hydroxylation is 2. The van der Waals surface area contributed by atoms with Crippen molar-refractivity contribution in [3.8, 4) is 0 Å². The molecular weight excluding hydrogens is 212 g/mol. The summed E-state index contributed by atoms with van der Waals surface area (Å²) in [7, 11) is 0. The van der Waals surface area contributed by atoms with Crippen LogP contribution in [0, 0.1) is 0 Å². The third-order valence-electron chi connectivity index (χ3n) is 3.05. The van der Waals surface area contributed by atoms with E-state index in [2.05, 4.69) is 34.7 Å². The number of para-hydroxylation sites is 2. The number of rotatable bonds is 5. The lowest BCUT2D eigenvalue weighted by Gasteiger charge is -2.09. The highest BCUT2D eigenvalue weighted by atomic mass is 16.3. The smallest absolute Gasteiger partial charge is 0.109 e. The van der Waals surface area contributed by atoms with Gasteiger partial charge in [0.2, 0.25) is 0 Å². The van der Waals surface area contributed by atoms with Gasteiger partial charge in [0.1, 0.15) is 5.82 Å². The fourth-order valence-corrected chi connectivity index (χ4v) is 2.19. The molecule has 0 fully saturated rings. The maximum absolute atomic E-state index is 9.30. The number of hydrogen-bond donors (Lipinski definition) is 1. The molecule has 2 rings (SSSR count). The second-order valence-electron chi connectivity index (χ2n) is 4.51. The van der Waals surface area contributed by atoms with E-state index in [1.165, 1.54) is 5.52 Å². The molecule has 1 unspecified atom stereocenters. The summed E-state index contributed by atoms with van der Waals surface area (Å²) >= 11 is 0. The average Bonchev–Trinajstić information content (AvgIpc) is 2.67. The number of aliphatic hydroxyl groups excluding tert-OH is 1. The quantitative estimate of drug-likeness (QED) is 0.860. The third-order valence-corrected chi connectivity index (χ3v) is 3.05. The van der Waals surface area contributed by atoms with Gasteiger partial charge in [-0.25, -0.2) is 4.98 Å². The molecule has 0 radical (unpaired) electrons. The summed E-state index contributed by atoms with van der Waals surface area (Å²) in [5.74, 6) is 1.14. The number of fused-ring (bicyclic) bond motifs is 1. The monoisotopic (exact) mass is 232 g/mol. The molecule has 1 aromatic carbocycles. The highest BCUT2D eigenvalue weighted by Crippen LogP contribution is 2.17. The van der Waals surface area contributed by atoms with Gasteiger partial charge in [0.05, 0.1) is 17.1 Å². The second kappa shape index (κ2) is 5.32. The van der Waals surface area contributed by atoms with E-state index in [9.17, 15) is 5.11 Å². The van der Waals surface area contributed by atoms with E-state index in [4.69, 9.17) is 0 Å². The Kier molecular flexibility index (Phi) is 3.79. The van der Waals surface area contributed by atoms with Crippen molar-refractivity contribution >= 4 is 11.0 Å². The molecule has 3 heteroatoms. The van der Waals surface area contributed by atoms with Gasteiger partial charge >= 0.3 is 0 Å². The van der Waals surface area contributed by atoms with Crippen LogP contribution in [0.25, 0.3) is 11.0 Å². The number of aliphatic hydroxyl groups is 1. The highest BCUT2D eigenvalue weighted by molar-refractivity contribution is 5.75. The van der Waals surface area contributed by atoms with Gasteiger partial charge < -0.3 is 9.67 Å². The van der Waals surface area contributed by atoms with Crippen molar-refractivity contribution in [1.82, 2.24) is 9.55 Å². The predicted molar refractivity (Wildman–Crippen MR) is 70.0 cm³/mol. The molecule has 0 bridgehead atoms. The van der Waals surface area contributed by atoms with Gasteiger partial charge in [-0.3, -0.25) is 0 Å². The van der Waals surface area contributed by atoms with Crippen LogP contribution in [-0.2, 0) is 13.0 Å². The third kappa shape index (κ3) is 2.67. The summed E-state index contributed by atoms with van der Waals surface area (Å²) in [5, 5.41) is 9.30. The lowest BCUT2D eigenvalue weighted by atomic mass is 10.2. The summed E-state index contributed by atoms with van der Waals surface area (Å²) in [6.45, 7) is 4.91. The molecule has 0 saturated heterocycles. The molecule has 2 aromatic rings. The Balaban J connectivity index is 2.24. The summed E-state index contributed by atoms with van der Waals surface area (Å²) in [6, 6.07) is 8.24. The van der Waals surface area contributed by atoms with Crippen LogP contribution in [0.4, 0.5) is 0 Å². The molecular formula is C14H20N2O. The minimum absolute atomic E-state index is 0.213. The Hall–Kier alpha value is -1.35. The van der Waals surface area contributed by atoms with Crippen LogP contribution in [0.2, 0.25) is 0 Å². The molecule has 0 aliphatic carbocycles. The molecule has 92 valence electrons. The van der Waals surface area contributed by atoms with Crippen LogP contribution in [0.1, 0.15) is 32.5 Å². The zero-order valence-corrected chi connectivity index (χ0v) is 10.6. The fourth-order valence-electron chi connectivity index (χ4n) is 2.19. The van der Waals surface area contributed by atoms with Gasteiger partial charge in [-0.2, -0.15) is 0 Å². The lowest BCUT2D eigenvalue weighted by Crippen LogP contribution is -2.06. The van der Waals surface area contributed by atoms with Gasteiger partial charge in [-0.15, -0.1) is 0 Å². The molecule has 0 aliphatic rings. The maximum atomic E-state index is 9.30. The molecule has 0 saturated carbocycles. The van der Waals surface area contributed by atoms with Gasteiger partial charge in [0, 0.05) is 13.0 Å². The lowest BCUT2D eigenvalue weighted by molar-refractivity contribution is 0.179. The molecule has 1 aromatic heterocycles. The molecule has 17 heavy (non-hydrogen) atoms. The Morgan fingerprint density at radius 1 is 1.35 bits per heavy atom. The number of aromatic nitrogens is 2. The van der Waals surface area contributed by atoms with Gasteiger partial charge in [-0.1, -0.05) is 19.1 Å². The van der Waals surface area contributed by atoms with Gasteiger partial charge in [0.15, 0.2) is 0 Å². The maximum Gasteiger partial charge on any atom is 0.109 e. The minimum atomic E-state index is -0.213. The van der Waals surface area contributed by atoms with E-state index >= 15 is 0 Å². The Labute approximate surface area is 102 Å². The Morgan fingerprint density at radius 3 is 2.82 bits per heavy atom. The standard InChI is InChI=1S/C14H20N2O/c1-3-14-15-12-8-4-5-9-13(12)16(14)10-6-7-11(2)17/h4-5,8-9,11,17H,3,6-7,10H2,1-2H3. The van der Waals surface area contributed by atoms with Crippen LogP contribution in [0.3, 0.4) is 0 Å². The predicted octanol–water partition coefficient (Wildman–Crippen LogP) is 2.76. The van der Waals surface area contributed by atoms with Crippen LogP contribution in [-0.4, -0.2) is 20.8 Å². The van der Waals surface area contributed by atoms with Crippen molar-refractivity contribution in [3.63, 3.8) is 0 Å². The minimum Gasteiger partial charge on any atom is -0.393 e. The summed E-state index contributed by atoms with van der Waals surface area (Å²) in [6.07, 6.45) is 2.57. The first-order chi connectivity index (χ1) is 8.22. The van der Waals surface area contributed by atoms with E-state index in [0.717, 1.165) is 37.1 Å². The Morgan fingerprint density at radius 2 is 2.12 bits per heavy atom. The van der Waals surface area contributed by atoms with Crippen molar-refractivity contribution < 1.29 is 5.11 Å². The molecule has 1 N–H and O–H groups in total. The van der Waals surface area contributed by atoms with Crippen molar-refractivity contribution in [1.29, 1.82) is 0 Å². The van der Waals surface area contributed by atoms with Crippen LogP contribution >= 0.6 is 0 Å². The van der Waals surface area contributed by atoms with Gasteiger partial charge in [0.25, 0.3) is 0 Å². The number of benzene rings is 1. The van der Waals surface area contributed by atoms with Gasteiger partial charge in [-0.05, 0) is 31.9 Å². The van der Waals surface area contributed by atoms with Crippen molar-refractivity contribution in [2.24, 2.45) is 0 Å². The van der Waals surface area contributed by atoms with E-state index < -0.39 is 0 Å². The molecule has 3 nitrogen and oxygen atoms in total. The average molecular weight is 232 g/mol. The molecule has 0 spiro atoms. The first-order valence-electron chi connectivity index (χ1n) is 6.34.